The molecule has 3 rings (SSSR count). The van der Waals surface area contributed by atoms with E-state index in [9.17, 15) is 9.59 Å². The highest BCUT2D eigenvalue weighted by Gasteiger charge is 2.08. The van der Waals surface area contributed by atoms with Gasteiger partial charge in [0.25, 0.3) is 0 Å². The van der Waals surface area contributed by atoms with Crippen molar-refractivity contribution in [3.05, 3.63) is 90.7 Å². The normalized spacial score (nSPS) is 12.4. The van der Waals surface area contributed by atoms with Crippen molar-refractivity contribution < 1.29 is 9.26 Å². The lowest BCUT2D eigenvalue weighted by Crippen LogP contribution is -2.18. The second-order valence-electron chi connectivity index (χ2n) is 5.84. The molecule has 0 aliphatic heterocycles. The molecule has 140 valence electrons. The molecular weight excluding hydrogens is 391 g/mol. The highest BCUT2D eigenvalue weighted by molar-refractivity contribution is 6.42. The standard InChI is InChI=1S/C19H16Cl2N2O4/c1-12(23-18(24)22-19(25)27-23)2-3-13-4-7-15(8-5-13)26-11-14-6-9-16(20)17(21)10-14/h2-10,12H,11H2,1H3,(H,22,24,25)/b3-2+. The van der Waals surface area contributed by atoms with Crippen molar-refractivity contribution >= 4 is 29.3 Å². The average molecular weight is 407 g/mol. The Labute approximate surface area is 164 Å². The molecule has 27 heavy (non-hydrogen) atoms. The molecule has 1 aromatic heterocycles. The van der Waals surface area contributed by atoms with Crippen LogP contribution in [0.1, 0.15) is 24.1 Å². The van der Waals surface area contributed by atoms with E-state index in [1.165, 1.54) is 0 Å². The van der Waals surface area contributed by atoms with E-state index < -0.39 is 17.5 Å². The number of benzene rings is 2. The third-order valence-corrected chi connectivity index (χ3v) is 4.54. The Morgan fingerprint density at radius 3 is 2.52 bits per heavy atom. The van der Waals surface area contributed by atoms with Gasteiger partial charge in [-0.15, -0.1) is 4.74 Å². The van der Waals surface area contributed by atoms with Crippen LogP contribution in [0.5, 0.6) is 5.75 Å². The summed E-state index contributed by atoms with van der Waals surface area (Å²) in [5.41, 5.74) is 1.25. The van der Waals surface area contributed by atoms with Crippen LogP contribution < -0.4 is 16.2 Å². The minimum Gasteiger partial charge on any atom is -0.489 e. The number of nitrogens with zero attached hydrogens (tertiary/aromatic N) is 1. The minimum absolute atomic E-state index is 0.374. The van der Waals surface area contributed by atoms with Crippen molar-refractivity contribution in [3.63, 3.8) is 0 Å². The molecule has 3 aromatic rings. The Morgan fingerprint density at radius 2 is 1.89 bits per heavy atom. The maximum absolute atomic E-state index is 11.5. The third kappa shape index (κ3) is 4.93. The summed E-state index contributed by atoms with van der Waals surface area (Å²) in [4.78, 5) is 24.6. The van der Waals surface area contributed by atoms with Crippen molar-refractivity contribution in [3.8, 4) is 5.75 Å². The maximum Gasteiger partial charge on any atom is 0.440 e. The summed E-state index contributed by atoms with van der Waals surface area (Å²) in [7, 11) is 0. The molecule has 0 saturated carbocycles. The summed E-state index contributed by atoms with van der Waals surface area (Å²) in [6, 6.07) is 12.4. The van der Waals surface area contributed by atoms with E-state index in [0.29, 0.717) is 22.4 Å². The SMILES string of the molecule is CC(/C=C/c1ccc(OCc2ccc(Cl)c(Cl)c2)cc1)n1oc(=O)[nH]c1=O. The van der Waals surface area contributed by atoms with Crippen LogP contribution in [0.4, 0.5) is 0 Å². The zero-order chi connectivity index (χ0) is 19.4. The Bertz CT molecular complexity index is 1060. The van der Waals surface area contributed by atoms with Gasteiger partial charge in [0.1, 0.15) is 12.4 Å². The van der Waals surface area contributed by atoms with Gasteiger partial charge in [-0.1, -0.05) is 53.6 Å². The van der Waals surface area contributed by atoms with Crippen molar-refractivity contribution in [2.75, 3.05) is 0 Å². The van der Waals surface area contributed by atoms with Crippen LogP contribution in [-0.4, -0.2) is 9.72 Å². The molecule has 0 saturated heterocycles. The second kappa shape index (κ2) is 8.33. The number of ether oxygens (including phenoxy) is 1. The van der Waals surface area contributed by atoms with E-state index in [1.807, 2.05) is 41.4 Å². The Balaban J connectivity index is 1.61. The summed E-state index contributed by atoms with van der Waals surface area (Å²) in [6.45, 7) is 2.11. The summed E-state index contributed by atoms with van der Waals surface area (Å²) >= 11 is 11.9. The van der Waals surface area contributed by atoms with Gasteiger partial charge < -0.3 is 9.26 Å². The Kier molecular flexibility index (Phi) is 5.88. The van der Waals surface area contributed by atoms with Crippen molar-refractivity contribution in [2.45, 2.75) is 19.6 Å². The average Bonchev–Trinajstić information content (AvgIpc) is 3.00. The largest absolute Gasteiger partial charge is 0.489 e. The maximum atomic E-state index is 11.5. The summed E-state index contributed by atoms with van der Waals surface area (Å²) in [6.07, 6.45) is 3.58. The van der Waals surface area contributed by atoms with Gasteiger partial charge in [0.05, 0.1) is 16.1 Å². The van der Waals surface area contributed by atoms with Crippen LogP contribution in [0.3, 0.4) is 0 Å². The predicted molar refractivity (Wildman–Crippen MR) is 105 cm³/mol. The highest BCUT2D eigenvalue weighted by Crippen LogP contribution is 2.23. The number of hydrogen-bond acceptors (Lipinski definition) is 4. The number of aromatic amines is 1. The van der Waals surface area contributed by atoms with Crippen molar-refractivity contribution in [1.82, 2.24) is 9.72 Å². The lowest BCUT2D eigenvalue weighted by Gasteiger charge is -2.08. The molecule has 0 spiro atoms. The fourth-order valence-electron chi connectivity index (χ4n) is 2.36. The molecule has 0 bridgehead atoms. The van der Waals surface area contributed by atoms with Crippen LogP contribution in [0.15, 0.2) is 62.7 Å². The first-order valence-electron chi connectivity index (χ1n) is 8.09. The van der Waals surface area contributed by atoms with Crippen LogP contribution in [-0.2, 0) is 6.61 Å². The molecule has 1 heterocycles. The van der Waals surface area contributed by atoms with Gasteiger partial charge in [0.15, 0.2) is 0 Å². The fraction of sp³-hybridized carbons (Fsp3) is 0.158. The van der Waals surface area contributed by atoms with Gasteiger partial charge in [-0.05, 0) is 42.3 Å². The van der Waals surface area contributed by atoms with Gasteiger partial charge >= 0.3 is 11.4 Å². The number of halogens is 2. The molecule has 6 nitrogen and oxygen atoms in total. The first kappa shape index (κ1) is 19.1. The molecule has 2 aromatic carbocycles. The number of rotatable bonds is 6. The zero-order valence-electron chi connectivity index (χ0n) is 14.3. The van der Waals surface area contributed by atoms with Crippen LogP contribution >= 0.6 is 23.2 Å². The second-order valence-corrected chi connectivity index (χ2v) is 6.65. The number of hydrogen-bond donors (Lipinski definition) is 1. The van der Waals surface area contributed by atoms with Crippen LogP contribution in [0.25, 0.3) is 6.08 Å². The fourth-order valence-corrected chi connectivity index (χ4v) is 2.68. The predicted octanol–water partition coefficient (Wildman–Crippen LogP) is 4.29. The molecule has 0 fully saturated rings. The number of nitrogens with one attached hydrogen (secondary N) is 1. The molecule has 8 heteroatoms. The summed E-state index contributed by atoms with van der Waals surface area (Å²) < 4.78 is 11.5. The first-order chi connectivity index (χ1) is 12.9. The number of aromatic nitrogens is 2. The van der Waals surface area contributed by atoms with E-state index in [2.05, 4.69) is 0 Å². The van der Waals surface area contributed by atoms with Gasteiger partial charge in [-0.3, -0.25) is 0 Å². The molecule has 1 atom stereocenters. The van der Waals surface area contributed by atoms with Gasteiger partial charge in [0, 0.05) is 0 Å². The number of H-pyrrole nitrogens is 1. The molecule has 1 unspecified atom stereocenters. The molecule has 0 amide bonds. The van der Waals surface area contributed by atoms with E-state index in [-0.39, 0.29) is 0 Å². The van der Waals surface area contributed by atoms with Crippen LogP contribution in [0.2, 0.25) is 10.0 Å². The van der Waals surface area contributed by atoms with Crippen molar-refractivity contribution in [2.24, 2.45) is 0 Å². The lowest BCUT2D eigenvalue weighted by molar-refractivity contribution is 0.230. The third-order valence-electron chi connectivity index (χ3n) is 3.80. The monoisotopic (exact) mass is 406 g/mol. The van der Waals surface area contributed by atoms with Gasteiger partial charge in [-0.2, -0.15) is 0 Å². The highest BCUT2D eigenvalue weighted by atomic mass is 35.5. The Morgan fingerprint density at radius 1 is 1.15 bits per heavy atom. The zero-order valence-corrected chi connectivity index (χ0v) is 15.8. The first-order valence-corrected chi connectivity index (χ1v) is 8.85. The van der Waals surface area contributed by atoms with Crippen molar-refractivity contribution in [1.29, 1.82) is 0 Å². The topological polar surface area (TPSA) is 77.2 Å². The van der Waals surface area contributed by atoms with Gasteiger partial charge in [0.2, 0.25) is 0 Å². The van der Waals surface area contributed by atoms with E-state index in [4.69, 9.17) is 32.5 Å². The van der Waals surface area contributed by atoms with Gasteiger partial charge in [-0.25, -0.2) is 14.6 Å². The lowest BCUT2D eigenvalue weighted by atomic mass is 10.2. The van der Waals surface area contributed by atoms with Crippen LogP contribution in [0, 0.1) is 0 Å². The molecule has 0 radical (unpaired) electrons. The molecule has 0 aliphatic carbocycles. The molecule has 1 N–H and O–H groups in total. The molecular formula is C19H16Cl2N2O4. The smallest absolute Gasteiger partial charge is 0.440 e. The van der Waals surface area contributed by atoms with E-state index >= 15 is 0 Å². The molecule has 0 aliphatic rings. The summed E-state index contributed by atoms with van der Waals surface area (Å²) in [5, 5.41) is 0.997. The Hall–Kier alpha value is -2.70. The minimum atomic E-state index is -0.774. The quantitative estimate of drug-likeness (QED) is 0.662. The summed E-state index contributed by atoms with van der Waals surface area (Å²) in [5.74, 6) is -0.0668. The van der Waals surface area contributed by atoms with E-state index in [1.54, 1.807) is 25.1 Å². The van der Waals surface area contributed by atoms with E-state index in [0.717, 1.165) is 15.9 Å². The number of allylic oxidation sites excluding steroid dienone is 1.